The molecule has 2 fully saturated rings. The summed E-state index contributed by atoms with van der Waals surface area (Å²) in [7, 11) is 0. The minimum absolute atomic E-state index is 0.0182. The van der Waals surface area contributed by atoms with Crippen molar-refractivity contribution in [3.63, 3.8) is 0 Å². The van der Waals surface area contributed by atoms with Gasteiger partial charge in [0.25, 0.3) is 0 Å². The van der Waals surface area contributed by atoms with E-state index in [2.05, 4.69) is 42.0 Å². The second-order valence-electron chi connectivity index (χ2n) is 12.2. The van der Waals surface area contributed by atoms with Crippen LogP contribution in [0.5, 0.6) is 0 Å². The van der Waals surface area contributed by atoms with Crippen molar-refractivity contribution in [2.45, 2.75) is 70.8 Å². The number of urea groups is 1. The molecule has 2 aliphatic rings. The largest absolute Gasteiger partial charge is 0.346 e. The van der Waals surface area contributed by atoms with Gasteiger partial charge < -0.3 is 16.0 Å². The fraction of sp³-hybridized carbons (Fsp3) is 0.438. The molecule has 0 bridgehead atoms. The number of aromatic nitrogens is 2. The van der Waals surface area contributed by atoms with E-state index < -0.39 is 18.0 Å². The molecule has 2 saturated heterocycles. The van der Waals surface area contributed by atoms with Gasteiger partial charge in [0.15, 0.2) is 5.78 Å². The zero-order valence-corrected chi connectivity index (χ0v) is 24.3. The van der Waals surface area contributed by atoms with Gasteiger partial charge in [-0.2, -0.15) is 5.10 Å². The molecule has 5 rings (SSSR count). The van der Waals surface area contributed by atoms with Crippen LogP contribution in [0.1, 0.15) is 69.2 Å². The molecule has 3 aromatic rings. The molecule has 3 heterocycles. The number of carbonyl (C=O) groups excluding carboxylic acids is 3. The second kappa shape index (κ2) is 11.9. The lowest BCUT2D eigenvalue weighted by atomic mass is 9.75. The minimum Gasteiger partial charge on any atom is -0.346 e. The lowest BCUT2D eigenvalue weighted by Gasteiger charge is -2.32. The number of nitrogens with one attached hydrogen (secondary N) is 4. The third-order valence-corrected chi connectivity index (χ3v) is 8.04. The van der Waals surface area contributed by atoms with Gasteiger partial charge in [-0.25, -0.2) is 9.48 Å². The van der Waals surface area contributed by atoms with Crippen LogP contribution in [0, 0.1) is 12.8 Å². The molecule has 0 spiro atoms. The summed E-state index contributed by atoms with van der Waals surface area (Å²) in [5, 5.41) is 17.1. The van der Waals surface area contributed by atoms with Crippen molar-refractivity contribution in [3.8, 4) is 5.69 Å². The SMILES string of the molecule is Cc1ccc(-n2nc(C(C)(C)C)cc2NC(=O)Nc2ccccc2C(C(=O)[C@@H]2CCC(=O)N2)C2CCNCC2)cc1. The normalized spacial score (nSPS) is 18.5. The Hall–Kier alpha value is -3.98. The first-order chi connectivity index (χ1) is 19.6. The van der Waals surface area contributed by atoms with Crippen molar-refractivity contribution in [2.75, 3.05) is 23.7 Å². The van der Waals surface area contributed by atoms with Crippen molar-refractivity contribution >= 4 is 29.2 Å². The molecule has 2 aromatic carbocycles. The summed E-state index contributed by atoms with van der Waals surface area (Å²) >= 11 is 0. The zero-order chi connectivity index (χ0) is 29.1. The Morgan fingerprint density at radius 1 is 1.00 bits per heavy atom. The highest BCUT2D eigenvalue weighted by atomic mass is 16.2. The summed E-state index contributed by atoms with van der Waals surface area (Å²) in [5.74, 6) is 0.170. The summed E-state index contributed by atoms with van der Waals surface area (Å²) in [6.45, 7) is 9.94. The van der Waals surface area contributed by atoms with Crippen molar-refractivity contribution in [1.29, 1.82) is 0 Å². The van der Waals surface area contributed by atoms with Crippen LogP contribution < -0.4 is 21.3 Å². The average Bonchev–Trinajstić information content (AvgIpc) is 3.57. The average molecular weight is 557 g/mol. The van der Waals surface area contributed by atoms with Gasteiger partial charge in [0, 0.05) is 29.5 Å². The Morgan fingerprint density at radius 3 is 2.37 bits per heavy atom. The van der Waals surface area contributed by atoms with E-state index >= 15 is 0 Å². The van der Waals surface area contributed by atoms with E-state index in [1.807, 2.05) is 61.5 Å². The van der Waals surface area contributed by atoms with Crippen LogP contribution in [-0.4, -0.2) is 46.6 Å². The number of aryl methyl sites for hydroxylation is 1. The molecule has 2 aliphatic heterocycles. The van der Waals surface area contributed by atoms with Crippen molar-refractivity contribution < 1.29 is 14.4 Å². The van der Waals surface area contributed by atoms with E-state index in [0.29, 0.717) is 24.3 Å². The molecule has 9 heteroatoms. The monoisotopic (exact) mass is 556 g/mol. The molecule has 1 unspecified atom stereocenters. The van der Waals surface area contributed by atoms with E-state index in [9.17, 15) is 14.4 Å². The predicted octanol–water partition coefficient (Wildman–Crippen LogP) is 5.05. The van der Waals surface area contributed by atoms with Crippen LogP contribution in [0.25, 0.3) is 5.69 Å². The van der Waals surface area contributed by atoms with E-state index in [-0.39, 0.29) is 23.0 Å². The van der Waals surface area contributed by atoms with Crippen LogP contribution in [0.2, 0.25) is 0 Å². The zero-order valence-electron chi connectivity index (χ0n) is 24.3. The number of ketones is 1. The number of piperidine rings is 1. The second-order valence-corrected chi connectivity index (χ2v) is 12.2. The standard InChI is InChI=1S/C32H40N6O3/c1-20-9-11-22(12-10-20)38-27(19-26(37-38)32(2,3)4)36-31(41)35-24-8-6-5-7-23(24)29(21-15-17-33-18-16-21)30(40)25-13-14-28(39)34-25/h5-12,19,21,25,29,33H,13-18H2,1-4H3,(H,34,39)(H2,35,36,41)/t25-,29?/m0/s1. The van der Waals surface area contributed by atoms with E-state index in [0.717, 1.165) is 48.4 Å². The Bertz CT molecular complexity index is 1420. The first-order valence-corrected chi connectivity index (χ1v) is 14.5. The number of benzene rings is 2. The Kier molecular flexibility index (Phi) is 8.26. The highest BCUT2D eigenvalue weighted by Crippen LogP contribution is 2.38. The van der Waals surface area contributed by atoms with Crippen molar-refractivity contribution in [3.05, 3.63) is 71.4 Å². The highest BCUT2D eigenvalue weighted by molar-refractivity contribution is 6.02. The number of hydrogen-bond donors (Lipinski definition) is 4. The minimum atomic E-state index is -0.496. The number of para-hydroxylation sites is 1. The quantitative estimate of drug-likeness (QED) is 0.325. The van der Waals surface area contributed by atoms with Crippen molar-refractivity contribution in [1.82, 2.24) is 20.4 Å². The number of anilines is 2. The number of amides is 3. The molecule has 0 aliphatic carbocycles. The van der Waals surface area contributed by atoms with Crippen LogP contribution in [0.4, 0.5) is 16.3 Å². The molecule has 41 heavy (non-hydrogen) atoms. The third kappa shape index (κ3) is 6.51. The van der Waals surface area contributed by atoms with Gasteiger partial charge in [-0.05, 0) is 69.0 Å². The maximum atomic E-state index is 13.9. The van der Waals surface area contributed by atoms with Gasteiger partial charge >= 0.3 is 6.03 Å². The van der Waals surface area contributed by atoms with Gasteiger partial charge in [0.2, 0.25) is 5.91 Å². The van der Waals surface area contributed by atoms with Gasteiger partial charge in [0.1, 0.15) is 5.82 Å². The van der Waals surface area contributed by atoms with Crippen LogP contribution >= 0.6 is 0 Å². The lowest BCUT2D eigenvalue weighted by molar-refractivity contribution is -0.126. The van der Waals surface area contributed by atoms with Gasteiger partial charge in [-0.3, -0.25) is 14.9 Å². The first kappa shape index (κ1) is 28.5. The topological polar surface area (TPSA) is 117 Å². The molecule has 4 N–H and O–H groups in total. The summed E-state index contributed by atoms with van der Waals surface area (Å²) in [6, 6.07) is 16.5. The smallest absolute Gasteiger partial charge is 0.324 e. The maximum Gasteiger partial charge on any atom is 0.324 e. The van der Waals surface area contributed by atoms with E-state index in [4.69, 9.17) is 5.10 Å². The summed E-state index contributed by atoms with van der Waals surface area (Å²) in [6.07, 6.45) is 2.57. The highest BCUT2D eigenvalue weighted by Gasteiger charge is 2.38. The van der Waals surface area contributed by atoms with Gasteiger partial charge in [-0.15, -0.1) is 0 Å². The Morgan fingerprint density at radius 2 is 1.71 bits per heavy atom. The van der Waals surface area contributed by atoms with Crippen LogP contribution in [-0.2, 0) is 15.0 Å². The third-order valence-electron chi connectivity index (χ3n) is 8.04. The molecule has 1 aromatic heterocycles. The predicted molar refractivity (Wildman–Crippen MR) is 161 cm³/mol. The number of rotatable bonds is 7. The molecule has 3 amide bonds. The number of carbonyl (C=O) groups is 3. The fourth-order valence-electron chi connectivity index (χ4n) is 5.73. The van der Waals surface area contributed by atoms with Gasteiger partial charge in [0.05, 0.1) is 17.4 Å². The maximum absolute atomic E-state index is 13.9. The molecule has 9 nitrogen and oxygen atoms in total. The van der Waals surface area contributed by atoms with Crippen LogP contribution in [0.15, 0.2) is 54.6 Å². The number of hydrogen-bond acceptors (Lipinski definition) is 5. The summed E-state index contributed by atoms with van der Waals surface area (Å²) in [4.78, 5) is 39.3. The molecule has 216 valence electrons. The van der Waals surface area contributed by atoms with Crippen molar-refractivity contribution in [2.24, 2.45) is 5.92 Å². The van der Waals surface area contributed by atoms with Crippen LogP contribution in [0.3, 0.4) is 0 Å². The lowest BCUT2D eigenvalue weighted by Crippen LogP contribution is -2.41. The fourth-order valence-corrected chi connectivity index (χ4v) is 5.73. The first-order valence-electron chi connectivity index (χ1n) is 14.5. The molecule has 0 radical (unpaired) electrons. The summed E-state index contributed by atoms with van der Waals surface area (Å²) < 4.78 is 1.75. The molecule has 2 atom stereocenters. The van der Waals surface area contributed by atoms with E-state index in [1.165, 1.54) is 0 Å². The van der Waals surface area contributed by atoms with Gasteiger partial charge in [-0.1, -0.05) is 56.7 Å². The summed E-state index contributed by atoms with van der Waals surface area (Å²) in [5.41, 5.74) is 3.98. The molecule has 0 saturated carbocycles. The van der Waals surface area contributed by atoms with E-state index in [1.54, 1.807) is 4.68 Å². The number of nitrogens with zero attached hydrogens (tertiary/aromatic N) is 2. The Balaban J connectivity index is 1.43. The molecular formula is C32H40N6O3. The number of Topliss-reactive ketones (excluding diaryl/α,β-unsaturated/α-hetero) is 1. The molecular weight excluding hydrogens is 516 g/mol. The Labute approximate surface area is 241 Å².